The number of fused-ring (bicyclic) bond motifs is 3. The highest BCUT2D eigenvalue weighted by Gasteiger charge is 2.37. The maximum atomic E-state index is 12.9. The first-order valence-electron chi connectivity index (χ1n) is 34.4. The molecule has 0 bridgehead atoms. The number of imidazole rings is 3. The van der Waals surface area contributed by atoms with Gasteiger partial charge in [-0.15, -0.1) is 11.6 Å². The van der Waals surface area contributed by atoms with Crippen LogP contribution in [0.5, 0.6) is 0 Å². The third-order valence-electron chi connectivity index (χ3n) is 20.2. The largest absolute Gasteiger partial charge is 0.400 e. The number of carbonyl (C=O) groups excluding carboxylic acids is 3. The van der Waals surface area contributed by atoms with Crippen LogP contribution < -0.4 is 22.0 Å². The minimum absolute atomic E-state index is 0. The Morgan fingerprint density at radius 1 is 0.470 bits per heavy atom. The van der Waals surface area contributed by atoms with E-state index in [1.807, 2.05) is 26.8 Å². The number of amides is 3. The molecule has 1 aromatic carbocycles. The highest BCUT2D eigenvalue weighted by molar-refractivity contribution is 6.16. The van der Waals surface area contributed by atoms with Gasteiger partial charge in [-0.3, -0.25) is 38.6 Å². The molecule has 6 unspecified atom stereocenters. The minimum Gasteiger partial charge on any atom is -0.400 e. The van der Waals surface area contributed by atoms with E-state index in [1.165, 1.54) is 5.56 Å². The Balaban J connectivity index is 0.000000152. The summed E-state index contributed by atoms with van der Waals surface area (Å²) < 4.78 is 5.22. The zero-order valence-corrected chi connectivity index (χ0v) is 58.2. The molecule has 5 N–H and O–H groups in total. The molecule has 6 atom stereocenters. The van der Waals surface area contributed by atoms with Gasteiger partial charge in [-0.25, -0.2) is 48.4 Å². The van der Waals surface area contributed by atoms with Gasteiger partial charge in [0.1, 0.15) is 46.6 Å². The summed E-state index contributed by atoms with van der Waals surface area (Å²) in [4.78, 5) is 122. The number of alkyl halides is 1. The van der Waals surface area contributed by atoms with Crippen molar-refractivity contribution in [2.75, 3.05) is 85.6 Å². The van der Waals surface area contributed by atoms with Gasteiger partial charge in [0.15, 0.2) is 16.6 Å². The zero-order valence-electron chi connectivity index (χ0n) is 57.5. The number of nitrogens with one attached hydrogen (secondary N) is 4. The summed E-state index contributed by atoms with van der Waals surface area (Å²) in [6.07, 6.45) is 16.7. The first-order valence-corrected chi connectivity index (χ1v) is 34.9. The summed E-state index contributed by atoms with van der Waals surface area (Å²) >= 11 is 5.40. The van der Waals surface area contributed by atoms with Gasteiger partial charge in [-0.1, -0.05) is 58.5 Å². The van der Waals surface area contributed by atoms with E-state index in [0.29, 0.717) is 71.5 Å². The highest BCUT2D eigenvalue weighted by atomic mass is 35.5. The smallest absolute Gasteiger partial charge is 0.276 e. The molecule has 9 aromatic rings. The van der Waals surface area contributed by atoms with Crippen LogP contribution in [-0.2, 0) is 33.4 Å². The number of hydrogen-bond acceptors (Lipinski definition) is 20. The number of benzene rings is 1. The Morgan fingerprint density at radius 3 is 1.17 bits per heavy atom. The number of aromatic nitrogens is 16. The van der Waals surface area contributed by atoms with Crippen molar-refractivity contribution in [3.05, 3.63) is 169 Å². The molecular weight excluding hydrogens is 1300 g/mol. The molecule has 0 saturated carbocycles. The van der Waals surface area contributed by atoms with Gasteiger partial charge in [-0.05, 0) is 80.5 Å². The number of aliphatic hydroxyl groups is 1. The molecule has 6 aliphatic heterocycles. The Bertz CT molecular complexity index is 4170. The summed E-state index contributed by atoms with van der Waals surface area (Å²) in [6, 6.07) is 14.1. The fourth-order valence-corrected chi connectivity index (χ4v) is 14.8. The number of carbonyl (C=O) groups is 3. The van der Waals surface area contributed by atoms with Crippen LogP contribution in [0.4, 0.5) is 0 Å². The van der Waals surface area contributed by atoms with Crippen LogP contribution in [0.3, 0.4) is 0 Å². The molecule has 0 spiro atoms. The third kappa shape index (κ3) is 17.2. The van der Waals surface area contributed by atoms with E-state index in [2.05, 4.69) is 110 Å². The maximum Gasteiger partial charge on any atom is 0.276 e. The molecule has 3 amide bonds. The summed E-state index contributed by atoms with van der Waals surface area (Å²) in [5.41, 5.74) is 2.32. The Labute approximate surface area is 585 Å². The molecule has 8 aromatic heterocycles. The first-order chi connectivity index (χ1) is 48.0. The lowest BCUT2D eigenvalue weighted by atomic mass is 9.96. The molecule has 534 valence electrons. The Morgan fingerprint density at radius 2 is 0.830 bits per heavy atom. The summed E-state index contributed by atoms with van der Waals surface area (Å²) in [6.45, 7) is 22.6. The van der Waals surface area contributed by atoms with Crippen molar-refractivity contribution in [3.8, 4) is 0 Å². The van der Waals surface area contributed by atoms with E-state index in [4.69, 9.17) is 32.0 Å². The molecule has 0 aliphatic carbocycles. The van der Waals surface area contributed by atoms with E-state index >= 15 is 0 Å². The van der Waals surface area contributed by atoms with E-state index in [1.54, 1.807) is 83.8 Å². The fourth-order valence-electron chi connectivity index (χ4n) is 14.6. The second-order valence-corrected chi connectivity index (χ2v) is 27.1. The minimum atomic E-state index is -0.160. The topological polar surface area (TPSA) is 340 Å². The number of hydrogen-bond donors (Lipinski definition) is 5. The standard InChI is InChI=1S/C24H30N6O2.C22H28N8O2.C17H24N6O2.C5H5ClN2.CH4O.CH4/c1-16-13-28(14-18-6-4-3-5-7-18)15-20(16)22-26-24(32)21-12-25-23(30(21)27-22)19-8-10-29(11-9-19)17(2)31;1-14-11-28(13-19-23-6-3-7-24-19)12-17(14)20-26-22(32)18-10-25-21(30(18)27-20)16-4-8-29(9-5-16)15(2)31;1-10-7-18-8-13(10)15-20-17(25)14-9-19-16(23(14)21-15)12-3-5-22(6-4-12)11(2)24;6-4-5-7-2-1-3-8-5;1-2;/h3-7,12,16,19-20H,8-11,13-15H2,1-2H3,(H,26,27,32);3,6-7,10,14,16-17H,4-5,8-9,11-13H2,1-2H3,(H,26,27,32);9-10,12-13,18H,3-8H2,1-2H3,(H,20,21,25);1-3H,4H2;2H,1H3;1H4. The quantitative estimate of drug-likeness (QED) is 0.100. The lowest BCUT2D eigenvalue weighted by molar-refractivity contribution is -0.130. The molecule has 6 saturated heterocycles. The average Bonchev–Trinajstić information content (AvgIpc) is 1.62. The summed E-state index contributed by atoms with van der Waals surface area (Å²) in [5, 5.41) is 24.8. The molecule has 30 heteroatoms. The Kier molecular flexibility index (Phi) is 25.0. The van der Waals surface area contributed by atoms with Gasteiger partial charge >= 0.3 is 0 Å². The van der Waals surface area contributed by atoms with Crippen molar-refractivity contribution >= 4 is 45.9 Å². The van der Waals surface area contributed by atoms with Crippen LogP contribution >= 0.6 is 11.6 Å². The monoisotopic (exact) mass is 1390 g/mol. The number of rotatable bonds is 11. The average molecular weight is 1390 g/mol. The van der Waals surface area contributed by atoms with Crippen LogP contribution in [0.1, 0.15) is 175 Å². The molecule has 14 heterocycles. The molecule has 29 nitrogen and oxygen atoms in total. The lowest BCUT2D eigenvalue weighted by Gasteiger charge is -2.30. The molecular formula is C70H95ClN22O7. The molecule has 15 rings (SSSR count). The van der Waals surface area contributed by atoms with Gasteiger partial charge < -0.3 is 40.1 Å². The van der Waals surface area contributed by atoms with Crippen molar-refractivity contribution in [2.24, 2.45) is 17.8 Å². The van der Waals surface area contributed by atoms with E-state index < -0.39 is 0 Å². The Hall–Kier alpha value is -9.03. The SMILES string of the molecule is C.CC(=O)N1CCC(c2ncc3c(=O)[nH]c(C4CN(Cc5ccccc5)CC4C)nn23)CC1.CC(=O)N1CCC(c2ncc3c(=O)[nH]c(C4CN(Cc5ncccn5)CC4C)nn23)CC1.CC(=O)N1CCC(c2ncc3c(=O)[nH]c(C4CNCC4C)nn23)CC1.CO.ClCc1ncccn1. The molecule has 0 radical (unpaired) electrons. The first kappa shape index (κ1) is 73.7. The molecule has 6 fully saturated rings. The predicted octanol–water partition coefficient (Wildman–Crippen LogP) is 5.47. The van der Waals surface area contributed by atoms with Crippen LogP contribution in [0.2, 0.25) is 0 Å². The summed E-state index contributed by atoms with van der Waals surface area (Å²) in [7, 11) is 1.00. The third-order valence-corrected chi connectivity index (χ3v) is 20.4. The predicted molar refractivity (Wildman–Crippen MR) is 378 cm³/mol. The van der Waals surface area contributed by atoms with Gasteiger partial charge in [-0.2, -0.15) is 15.3 Å². The van der Waals surface area contributed by atoms with E-state index in [0.717, 1.165) is 153 Å². The summed E-state index contributed by atoms with van der Waals surface area (Å²) in [5.74, 6) is 9.14. The van der Waals surface area contributed by atoms with Gasteiger partial charge in [0.25, 0.3) is 16.7 Å². The van der Waals surface area contributed by atoms with E-state index in [-0.39, 0.29) is 77.3 Å². The number of likely N-dealkylation sites (tertiary alicyclic amines) is 5. The lowest BCUT2D eigenvalue weighted by Crippen LogP contribution is -2.36. The van der Waals surface area contributed by atoms with Crippen molar-refractivity contribution in [1.82, 2.24) is 108 Å². The molecule has 6 aliphatic rings. The zero-order chi connectivity index (χ0) is 69.9. The van der Waals surface area contributed by atoms with Crippen LogP contribution in [0.25, 0.3) is 16.6 Å². The van der Waals surface area contributed by atoms with Crippen molar-refractivity contribution in [2.45, 2.75) is 142 Å². The second-order valence-electron chi connectivity index (χ2n) is 26.8. The number of aromatic amines is 3. The normalized spacial score (nSPS) is 21.5. The highest BCUT2D eigenvalue weighted by Crippen LogP contribution is 2.35. The van der Waals surface area contributed by atoms with E-state index in [9.17, 15) is 28.8 Å². The van der Waals surface area contributed by atoms with Crippen LogP contribution in [0, 0.1) is 17.8 Å². The van der Waals surface area contributed by atoms with Crippen molar-refractivity contribution in [1.29, 1.82) is 0 Å². The number of aliphatic hydroxyl groups excluding tert-OH is 1. The molecule has 100 heavy (non-hydrogen) atoms. The van der Waals surface area contributed by atoms with Gasteiger partial charge in [0.2, 0.25) is 17.7 Å². The second kappa shape index (κ2) is 33.9. The van der Waals surface area contributed by atoms with Crippen LogP contribution in [0.15, 0.2) is 100 Å². The van der Waals surface area contributed by atoms with Crippen molar-refractivity contribution in [3.63, 3.8) is 0 Å². The number of nitrogens with zero attached hydrogens (tertiary/aromatic N) is 18. The number of H-pyrrole nitrogens is 3. The van der Waals surface area contributed by atoms with Gasteiger partial charge in [0, 0.05) is 167 Å². The van der Waals surface area contributed by atoms with Gasteiger partial charge in [0.05, 0.1) is 31.0 Å². The van der Waals surface area contributed by atoms with Crippen molar-refractivity contribution < 1.29 is 19.5 Å². The maximum absolute atomic E-state index is 12.9. The number of piperidine rings is 3. The van der Waals surface area contributed by atoms with Crippen LogP contribution in [-0.4, -0.2) is 212 Å². The fraction of sp³-hybridized carbons (Fsp3) is 0.543. The number of halogens is 1.